The summed E-state index contributed by atoms with van der Waals surface area (Å²) in [5, 5.41) is 3.37. The van der Waals surface area contributed by atoms with Gasteiger partial charge in [-0.25, -0.2) is 4.98 Å². The maximum atomic E-state index is 11.0. The van der Waals surface area contributed by atoms with Gasteiger partial charge in [0.05, 0.1) is 12.4 Å². The first-order valence-electron chi connectivity index (χ1n) is 5.91. The molecule has 1 aromatic rings. The first kappa shape index (κ1) is 11.8. The van der Waals surface area contributed by atoms with E-state index in [0.717, 1.165) is 19.3 Å². The van der Waals surface area contributed by atoms with Gasteiger partial charge in [-0.05, 0) is 25.2 Å². The van der Waals surface area contributed by atoms with Gasteiger partial charge >= 0.3 is 0 Å². The highest BCUT2D eigenvalue weighted by atomic mass is 16.1. The van der Waals surface area contributed by atoms with Crippen molar-refractivity contribution in [2.24, 2.45) is 11.7 Å². The van der Waals surface area contributed by atoms with Crippen molar-refractivity contribution in [3.05, 3.63) is 18.1 Å². The van der Waals surface area contributed by atoms with Gasteiger partial charge in [0.1, 0.15) is 11.5 Å². The maximum Gasteiger partial charge on any atom is 0.268 e. The van der Waals surface area contributed by atoms with E-state index in [1.54, 1.807) is 6.20 Å². The Bertz CT molecular complexity index is 426. The van der Waals surface area contributed by atoms with Crippen LogP contribution in [0.1, 0.15) is 43.6 Å². The van der Waals surface area contributed by atoms with Crippen molar-refractivity contribution >= 4 is 11.7 Å². The Labute approximate surface area is 101 Å². The summed E-state index contributed by atoms with van der Waals surface area (Å²) in [6, 6.07) is 0. The average molecular weight is 234 g/mol. The fraction of sp³-hybridized carbons (Fsp3) is 0.583. The van der Waals surface area contributed by atoms with E-state index in [2.05, 4.69) is 29.1 Å². The molecule has 1 aliphatic rings. The monoisotopic (exact) mass is 234 g/mol. The summed E-state index contributed by atoms with van der Waals surface area (Å²) in [5.41, 5.74) is 5.53. The summed E-state index contributed by atoms with van der Waals surface area (Å²) in [4.78, 5) is 19.1. The molecule has 17 heavy (non-hydrogen) atoms. The lowest BCUT2D eigenvalue weighted by molar-refractivity contribution is 0.0995. The summed E-state index contributed by atoms with van der Waals surface area (Å²) in [7, 11) is 0. The number of amides is 1. The van der Waals surface area contributed by atoms with E-state index in [9.17, 15) is 4.79 Å². The number of carbonyl (C=O) groups excluding carboxylic acids is 1. The zero-order valence-electron chi connectivity index (χ0n) is 10.2. The summed E-state index contributed by atoms with van der Waals surface area (Å²) in [6.07, 6.45) is 6.42. The molecule has 1 saturated carbocycles. The third kappa shape index (κ3) is 2.93. The van der Waals surface area contributed by atoms with Crippen LogP contribution in [0.2, 0.25) is 0 Å². The summed E-state index contributed by atoms with van der Waals surface area (Å²) in [6.45, 7) is 4.40. The minimum atomic E-state index is -0.546. The first-order chi connectivity index (χ1) is 8.01. The molecule has 5 heteroatoms. The van der Waals surface area contributed by atoms with Crippen LogP contribution in [0, 0.1) is 5.92 Å². The van der Waals surface area contributed by atoms with Gasteiger partial charge in [-0.15, -0.1) is 0 Å². The fourth-order valence-corrected chi connectivity index (χ4v) is 2.13. The largest absolute Gasteiger partial charge is 0.364 e. The van der Waals surface area contributed by atoms with Crippen molar-refractivity contribution in [3.63, 3.8) is 0 Å². The predicted octanol–water partition coefficient (Wildman–Crippen LogP) is 1.57. The number of nitrogens with zero attached hydrogens (tertiary/aromatic N) is 2. The molecule has 0 atom stereocenters. The molecule has 1 fully saturated rings. The molecule has 0 aromatic carbocycles. The lowest BCUT2D eigenvalue weighted by atomic mass is 10.0. The van der Waals surface area contributed by atoms with Crippen LogP contribution >= 0.6 is 0 Å². The Morgan fingerprint density at radius 3 is 2.76 bits per heavy atom. The molecule has 1 aliphatic carbocycles. The molecular formula is C12H18N4O. The van der Waals surface area contributed by atoms with Crippen molar-refractivity contribution in [2.75, 3.05) is 5.32 Å². The maximum absolute atomic E-state index is 11.0. The Kier molecular flexibility index (Phi) is 3.00. The van der Waals surface area contributed by atoms with Crippen LogP contribution in [0.4, 0.5) is 5.82 Å². The molecule has 1 amide bonds. The normalized spacial score (nSPS) is 16.9. The van der Waals surface area contributed by atoms with Gasteiger partial charge in [-0.1, -0.05) is 13.8 Å². The topological polar surface area (TPSA) is 80.9 Å². The minimum absolute atomic E-state index is 0.152. The van der Waals surface area contributed by atoms with Crippen LogP contribution in [0.25, 0.3) is 0 Å². The molecule has 2 rings (SSSR count). The zero-order chi connectivity index (χ0) is 12.5. The number of aromatic nitrogens is 2. The number of anilines is 1. The van der Waals surface area contributed by atoms with Crippen LogP contribution in [0.15, 0.2) is 12.4 Å². The molecule has 1 aromatic heterocycles. The zero-order valence-corrected chi connectivity index (χ0v) is 10.2. The molecule has 0 radical (unpaired) electrons. The smallest absolute Gasteiger partial charge is 0.268 e. The van der Waals surface area contributed by atoms with Crippen LogP contribution < -0.4 is 11.1 Å². The van der Waals surface area contributed by atoms with Crippen molar-refractivity contribution < 1.29 is 4.79 Å². The molecule has 0 unspecified atom stereocenters. The van der Waals surface area contributed by atoms with E-state index in [4.69, 9.17) is 5.73 Å². The van der Waals surface area contributed by atoms with Gasteiger partial charge in [0.2, 0.25) is 0 Å². The lowest BCUT2D eigenvalue weighted by Crippen LogP contribution is -2.25. The van der Waals surface area contributed by atoms with Gasteiger partial charge in [0.25, 0.3) is 5.91 Å². The van der Waals surface area contributed by atoms with Crippen molar-refractivity contribution in [2.45, 2.75) is 38.6 Å². The highest BCUT2D eigenvalue weighted by Crippen LogP contribution is 2.43. The minimum Gasteiger partial charge on any atom is -0.364 e. The van der Waals surface area contributed by atoms with Crippen molar-refractivity contribution in [1.82, 2.24) is 9.97 Å². The van der Waals surface area contributed by atoms with E-state index in [1.807, 2.05) is 0 Å². The van der Waals surface area contributed by atoms with Gasteiger partial charge in [0, 0.05) is 5.54 Å². The lowest BCUT2D eigenvalue weighted by Gasteiger charge is -2.19. The molecular weight excluding hydrogens is 216 g/mol. The van der Waals surface area contributed by atoms with E-state index >= 15 is 0 Å². The predicted molar refractivity (Wildman–Crippen MR) is 65.6 cm³/mol. The third-order valence-electron chi connectivity index (χ3n) is 2.93. The Morgan fingerprint density at radius 2 is 2.24 bits per heavy atom. The fourth-order valence-electron chi connectivity index (χ4n) is 2.13. The van der Waals surface area contributed by atoms with Crippen LogP contribution in [0.3, 0.4) is 0 Å². The molecule has 0 bridgehead atoms. The number of nitrogens with one attached hydrogen (secondary N) is 1. The number of hydrogen-bond donors (Lipinski definition) is 2. The standard InChI is InChI=1S/C12H18N4O/c1-8(2)5-12(3-4-12)16-10-7-14-6-9(15-10)11(13)17/h6-8H,3-5H2,1-2H3,(H2,13,17)(H,15,16). The van der Waals surface area contributed by atoms with Crippen LogP contribution in [-0.2, 0) is 0 Å². The number of carbonyl (C=O) groups is 1. The van der Waals surface area contributed by atoms with Gasteiger partial charge < -0.3 is 11.1 Å². The average Bonchev–Trinajstić information content (AvgIpc) is 2.96. The highest BCUT2D eigenvalue weighted by molar-refractivity contribution is 5.90. The quantitative estimate of drug-likeness (QED) is 0.810. The molecule has 92 valence electrons. The third-order valence-corrected chi connectivity index (χ3v) is 2.93. The number of primary amides is 1. The van der Waals surface area contributed by atoms with Crippen molar-refractivity contribution in [1.29, 1.82) is 0 Å². The van der Waals surface area contributed by atoms with E-state index in [0.29, 0.717) is 11.7 Å². The molecule has 3 N–H and O–H groups in total. The SMILES string of the molecule is CC(C)CC1(Nc2cncc(C(N)=O)n2)CC1. The van der Waals surface area contributed by atoms with Gasteiger partial charge in [0.15, 0.2) is 0 Å². The second kappa shape index (κ2) is 4.31. The Morgan fingerprint density at radius 1 is 1.53 bits per heavy atom. The number of hydrogen-bond acceptors (Lipinski definition) is 4. The van der Waals surface area contributed by atoms with E-state index in [1.165, 1.54) is 6.20 Å². The molecule has 0 saturated heterocycles. The van der Waals surface area contributed by atoms with Gasteiger partial charge in [-0.2, -0.15) is 0 Å². The number of rotatable bonds is 5. The molecule has 5 nitrogen and oxygen atoms in total. The van der Waals surface area contributed by atoms with Crippen LogP contribution in [-0.4, -0.2) is 21.4 Å². The second-order valence-electron chi connectivity index (χ2n) is 5.16. The number of nitrogens with two attached hydrogens (primary N) is 1. The highest BCUT2D eigenvalue weighted by Gasteiger charge is 2.43. The molecule has 0 aliphatic heterocycles. The summed E-state index contributed by atoms with van der Waals surface area (Å²) in [5.74, 6) is 0.728. The Balaban J connectivity index is 2.08. The first-order valence-corrected chi connectivity index (χ1v) is 5.91. The van der Waals surface area contributed by atoms with E-state index in [-0.39, 0.29) is 11.2 Å². The van der Waals surface area contributed by atoms with Crippen molar-refractivity contribution in [3.8, 4) is 0 Å². The summed E-state index contributed by atoms with van der Waals surface area (Å²) < 4.78 is 0. The van der Waals surface area contributed by atoms with Crippen LogP contribution in [0.5, 0.6) is 0 Å². The second-order valence-corrected chi connectivity index (χ2v) is 5.16. The van der Waals surface area contributed by atoms with E-state index < -0.39 is 5.91 Å². The molecule has 1 heterocycles. The Hall–Kier alpha value is -1.65. The summed E-state index contributed by atoms with van der Waals surface area (Å²) >= 11 is 0. The van der Waals surface area contributed by atoms with Gasteiger partial charge in [-0.3, -0.25) is 9.78 Å². The molecule has 0 spiro atoms.